The van der Waals surface area contributed by atoms with Crippen LogP contribution in [0.1, 0.15) is 46.0 Å². The lowest BCUT2D eigenvalue weighted by Gasteiger charge is -2.67. The van der Waals surface area contributed by atoms with Crippen LogP contribution in [0.2, 0.25) is 0 Å². The molecule has 4 N–H and O–H groups in total. The molecule has 0 spiro atoms. The fraction of sp³-hybridized carbons (Fsp3) is 1.00. The molecule has 80 valence electrons. The first-order chi connectivity index (χ1) is 6.35. The molecule has 4 bridgehead atoms. The number of hydrogen-bond acceptors (Lipinski definition) is 2. The van der Waals surface area contributed by atoms with E-state index in [0.29, 0.717) is 10.8 Å². The van der Waals surface area contributed by atoms with Gasteiger partial charge in [0.1, 0.15) is 0 Å². The van der Waals surface area contributed by atoms with Crippen LogP contribution in [-0.4, -0.2) is 11.6 Å². The lowest BCUT2D eigenvalue weighted by Crippen LogP contribution is -2.73. The molecule has 3 unspecified atom stereocenters. The molecule has 0 aromatic rings. The van der Waals surface area contributed by atoms with Crippen molar-refractivity contribution in [3.05, 3.63) is 0 Å². The third-order valence-electron chi connectivity index (χ3n) is 5.16. The van der Waals surface area contributed by atoms with Crippen molar-refractivity contribution in [2.45, 2.75) is 57.5 Å². The number of hydrogen-bond donors (Lipinski definition) is 2. The maximum absolute atomic E-state index is 6.51. The summed E-state index contributed by atoms with van der Waals surface area (Å²) in [6.07, 6.45) is 6.36. The molecule has 4 aliphatic rings. The van der Waals surface area contributed by atoms with Gasteiger partial charge in [-0.2, -0.15) is 0 Å². The van der Waals surface area contributed by atoms with Gasteiger partial charge in [0.05, 0.1) is 0 Å². The summed E-state index contributed by atoms with van der Waals surface area (Å²) >= 11 is 0. The fourth-order valence-corrected chi connectivity index (χ4v) is 5.40. The second-order valence-electron chi connectivity index (χ2n) is 7.01. The summed E-state index contributed by atoms with van der Waals surface area (Å²) in [5, 5.41) is 0. The smallest absolute Gasteiger partial charge is 0.0321 e. The molecule has 0 heterocycles. The lowest BCUT2D eigenvalue weighted by molar-refractivity contribution is -0.120. The molecule has 4 rings (SSSR count). The van der Waals surface area contributed by atoms with Gasteiger partial charge in [-0.25, -0.2) is 0 Å². The Balaban J connectivity index is 2.07. The predicted octanol–water partition coefficient (Wildman–Crippen LogP) is 1.63. The van der Waals surface area contributed by atoms with Crippen molar-refractivity contribution in [1.82, 2.24) is 0 Å². The monoisotopic (exact) mass is 194 g/mol. The van der Waals surface area contributed by atoms with Crippen LogP contribution < -0.4 is 11.5 Å². The van der Waals surface area contributed by atoms with Gasteiger partial charge in [-0.1, -0.05) is 13.8 Å². The van der Waals surface area contributed by atoms with E-state index in [-0.39, 0.29) is 11.6 Å². The Morgan fingerprint density at radius 1 is 1.07 bits per heavy atom. The zero-order valence-electron chi connectivity index (χ0n) is 9.34. The van der Waals surface area contributed by atoms with Gasteiger partial charge in [-0.15, -0.1) is 0 Å². The third-order valence-corrected chi connectivity index (χ3v) is 5.16. The standard InChI is InChI=1S/C12H22N2/c1-10-3-8-4-11(2,6-10)9(13)12(14,5-8)7-10/h8-9H,3-7,13-14H2,1-2H3/t8?,9?,10?,11-,12+/m0/s1. The van der Waals surface area contributed by atoms with Gasteiger partial charge in [0.2, 0.25) is 0 Å². The molecule has 14 heavy (non-hydrogen) atoms. The van der Waals surface area contributed by atoms with Crippen molar-refractivity contribution in [1.29, 1.82) is 0 Å². The van der Waals surface area contributed by atoms with Gasteiger partial charge in [0, 0.05) is 11.6 Å². The Bertz CT molecular complexity index is 266. The molecule has 0 aromatic carbocycles. The topological polar surface area (TPSA) is 52.0 Å². The Morgan fingerprint density at radius 3 is 2.36 bits per heavy atom. The van der Waals surface area contributed by atoms with Gasteiger partial charge in [-0.05, 0) is 48.9 Å². The summed E-state index contributed by atoms with van der Waals surface area (Å²) in [6.45, 7) is 4.78. The van der Waals surface area contributed by atoms with Gasteiger partial charge in [0.15, 0.2) is 0 Å². The molecule has 0 aliphatic heterocycles. The zero-order valence-corrected chi connectivity index (χ0v) is 9.34. The Hall–Kier alpha value is -0.0800. The van der Waals surface area contributed by atoms with Crippen molar-refractivity contribution in [2.24, 2.45) is 28.2 Å². The van der Waals surface area contributed by atoms with E-state index in [9.17, 15) is 0 Å². The average Bonchev–Trinajstić information content (AvgIpc) is 1.95. The summed E-state index contributed by atoms with van der Waals surface area (Å²) < 4.78 is 0. The molecule has 0 amide bonds. The maximum atomic E-state index is 6.51. The van der Waals surface area contributed by atoms with E-state index in [1.807, 2.05) is 0 Å². The first kappa shape index (κ1) is 9.17. The van der Waals surface area contributed by atoms with Crippen molar-refractivity contribution in [3.8, 4) is 0 Å². The maximum Gasteiger partial charge on any atom is 0.0321 e. The van der Waals surface area contributed by atoms with Gasteiger partial charge in [0.25, 0.3) is 0 Å². The Kier molecular flexibility index (Phi) is 1.44. The third kappa shape index (κ3) is 0.938. The van der Waals surface area contributed by atoms with E-state index in [1.54, 1.807) is 0 Å². The summed E-state index contributed by atoms with van der Waals surface area (Å²) in [6, 6.07) is 0.236. The van der Waals surface area contributed by atoms with Crippen molar-refractivity contribution < 1.29 is 0 Å². The van der Waals surface area contributed by atoms with E-state index in [0.717, 1.165) is 12.3 Å². The minimum absolute atomic E-state index is 0.0388. The van der Waals surface area contributed by atoms with Crippen LogP contribution >= 0.6 is 0 Å². The molecule has 2 nitrogen and oxygen atoms in total. The highest BCUT2D eigenvalue weighted by Gasteiger charge is 2.63. The molecule has 0 radical (unpaired) electrons. The molecule has 4 aliphatic carbocycles. The second kappa shape index (κ2) is 2.19. The molecule has 4 saturated carbocycles. The van der Waals surface area contributed by atoms with Gasteiger partial charge in [-0.3, -0.25) is 0 Å². The minimum atomic E-state index is -0.0388. The van der Waals surface area contributed by atoms with Crippen LogP contribution in [0.25, 0.3) is 0 Å². The molecule has 4 fully saturated rings. The minimum Gasteiger partial charge on any atom is -0.326 e. The molecule has 5 atom stereocenters. The second-order valence-corrected chi connectivity index (χ2v) is 7.01. The zero-order chi connectivity index (χ0) is 10.2. The number of nitrogens with two attached hydrogens (primary N) is 2. The highest BCUT2D eigenvalue weighted by molar-refractivity contribution is 5.19. The fourth-order valence-electron chi connectivity index (χ4n) is 5.40. The predicted molar refractivity (Wildman–Crippen MR) is 57.7 cm³/mol. The van der Waals surface area contributed by atoms with E-state index < -0.39 is 0 Å². The van der Waals surface area contributed by atoms with Crippen LogP contribution in [0.15, 0.2) is 0 Å². The molecular weight excluding hydrogens is 172 g/mol. The molecular formula is C12H22N2. The van der Waals surface area contributed by atoms with Crippen LogP contribution in [0.4, 0.5) is 0 Å². The highest BCUT2D eigenvalue weighted by Crippen LogP contribution is 2.64. The van der Waals surface area contributed by atoms with E-state index in [2.05, 4.69) is 13.8 Å². The van der Waals surface area contributed by atoms with E-state index >= 15 is 0 Å². The summed E-state index contributed by atoms with van der Waals surface area (Å²) in [5.74, 6) is 0.859. The van der Waals surface area contributed by atoms with Crippen LogP contribution in [-0.2, 0) is 0 Å². The summed E-state index contributed by atoms with van der Waals surface area (Å²) in [7, 11) is 0. The first-order valence-corrected chi connectivity index (χ1v) is 5.90. The van der Waals surface area contributed by atoms with Crippen LogP contribution in [0.5, 0.6) is 0 Å². The Labute approximate surface area is 86.4 Å². The average molecular weight is 194 g/mol. The normalized spacial score (nSPS) is 66.0. The largest absolute Gasteiger partial charge is 0.326 e. The summed E-state index contributed by atoms with van der Waals surface area (Å²) in [4.78, 5) is 0. The van der Waals surface area contributed by atoms with Gasteiger partial charge >= 0.3 is 0 Å². The molecule has 2 heteroatoms. The highest BCUT2D eigenvalue weighted by atomic mass is 14.9. The van der Waals surface area contributed by atoms with Crippen molar-refractivity contribution >= 4 is 0 Å². The SMILES string of the molecule is CC12CC3C[C@@](C)(C1)C(N)[C@@](N)(C3)C2. The van der Waals surface area contributed by atoms with Crippen molar-refractivity contribution in [3.63, 3.8) is 0 Å². The van der Waals surface area contributed by atoms with E-state index in [1.165, 1.54) is 25.7 Å². The van der Waals surface area contributed by atoms with Crippen LogP contribution in [0.3, 0.4) is 0 Å². The van der Waals surface area contributed by atoms with E-state index in [4.69, 9.17) is 11.5 Å². The number of rotatable bonds is 0. The summed E-state index contributed by atoms with van der Waals surface area (Å²) in [5.41, 5.74) is 13.7. The molecule has 0 aromatic heterocycles. The quantitative estimate of drug-likeness (QED) is 0.616. The van der Waals surface area contributed by atoms with Crippen LogP contribution in [0, 0.1) is 16.7 Å². The van der Waals surface area contributed by atoms with Gasteiger partial charge < -0.3 is 11.5 Å². The first-order valence-electron chi connectivity index (χ1n) is 5.90. The lowest BCUT2D eigenvalue weighted by atomic mass is 9.41. The molecule has 0 saturated heterocycles. The Morgan fingerprint density at radius 2 is 1.79 bits per heavy atom. The van der Waals surface area contributed by atoms with Crippen molar-refractivity contribution in [2.75, 3.05) is 0 Å².